The Kier molecular flexibility index (Phi) is 7.69. The van der Waals surface area contributed by atoms with Gasteiger partial charge in [0.25, 0.3) is 5.91 Å². The van der Waals surface area contributed by atoms with Gasteiger partial charge in [-0.05, 0) is 17.9 Å². The quantitative estimate of drug-likeness (QED) is 0.618. The van der Waals surface area contributed by atoms with Crippen molar-refractivity contribution in [3.63, 3.8) is 0 Å². The van der Waals surface area contributed by atoms with E-state index < -0.39 is 29.7 Å². The van der Waals surface area contributed by atoms with Crippen molar-refractivity contribution in [2.75, 3.05) is 0 Å². The summed E-state index contributed by atoms with van der Waals surface area (Å²) in [6.45, 7) is 3.67. The average molecular weight is 442 g/mol. The van der Waals surface area contributed by atoms with E-state index in [0.29, 0.717) is 17.9 Å². The number of ether oxygens (including phenoxy) is 1. The number of amides is 2. The summed E-state index contributed by atoms with van der Waals surface area (Å²) in [4.78, 5) is 50.0. The van der Waals surface area contributed by atoms with Gasteiger partial charge >= 0.3 is 6.09 Å². The zero-order valence-electron chi connectivity index (χ0n) is 18.0. The van der Waals surface area contributed by atoms with Crippen molar-refractivity contribution < 1.29 is 28.4 Å². The van der Waals surface area contributed by atoms with Crippen LogP contribution in [0.1, 0.15) is 43.7 Å². The average Bonchev–Trinajstić information content (AvgIpc) is 3.24. The van der Waals surface area contributed by atoms with Gasteiger partial charge in [-0.3, -0.25) is 14.4 Å². The number of aromatic nitrogens is 2. The Balaban J connectivity index is 1.62. The third kappa shape index (κ3) is 5.99. The molecule has 1 aliphatic heterocycles. The van der Waals surface area contributed by atoms with Gasteiger partial charge in [0.15, 0.2) is 11.5 Å². The van der Waals surface area contributed by atoms with Crippen LogP contribution in [0.5, 0.6) is 0 Å². The fraction of sp³-hybridized carbons (Fsp3) is 0.455. The van der Waals surface area contributed by atoms with E-state index in [2.05, 4.69) is 21.0 Å². The molecule has 10 heteroatoms. The standard InChI is InChI=1S/C22H26N4O6/c1-13(2)19(24-22(30)31-12-14-6-4-3-5-7-14)17(27)10-15-8-9-18-16(25-26-32-18)11-23-21(29)20(15)28/h3-7,13,15,19H,8-12H2,1-2H3,(H,23,29)(H,24,30). The van der Waals surface area contributed by atoms with E-state index in [1.54, 1.807) is 13.8 Å². The number of ketones is 2. The van der Waals surface area contributed by atoms with Crippen LogP contribution in [0.2, 0.25) is 0 Å². The van der Waals surface area contributed by atoms with Gasteiger partial charge in [-0.25, -0.2) is 4.79 Å². The molecule has 1 aromatic carbocycles. The molecule has 2 atom stereocenters. The molecule has 170 valence electrons. The van der Waals surface area contributed by atoms with Crippen molar-refractivity contribution in [1.82, 2.24) is 21.0 Å². The third-order valence-electron chi connectivity index (χ3n) is 5.31. The van der Waals surface area contributed by atoms with E-state index in [-0.39, 0.29) is 37.7 Å². The number of benzene rings is 1. The Morgan fingerprint density at radius 1 is 1.25 bits per heavy atom. The molecule has 0 aliphatic carbocycles. The zero-order chi connectivity index (χ0) is 23.1. The number of hydrogen-bond acceptors (Lipinski definition) is 8. The van der Waals surface area contributed by atoms with E-state index in [1.165, 1.54) is 0 Å². The minimum atomic E-state index is -0.857. The molecule has 2 heterocycles. The van der Waals surface area contributed by atoms with Crippen LogP contribution in [-0.4, -0.2) is 40.0 Å². The first kappa shape index (κ1) is 23.1. The number of alkyl carbamates (subject to hydrolysis) is 1. The molecule has 3 rings (SSSR count). The van der Waals surface area contributed by atoms with Crippen LogP contribution in [0.3, 0.4) is 0 Å². The van der Waals surface area contributed by atoms with Gasteiger partial charge in [0.1, 0.15) is 12.3 Å². The molecular weight excluding hydrogens is 416 g/mol. The number of fused-ring (bicyclic) bond motifs is 1. The van der Waals surface area contributed by atoms with Crippen LogP contribution in [0, 0.1) is 11.8 Å². The lowest BCUT2D eigenvalue weighted by molar-refractivity contribution is -0.141. The Morgan fingerprint density at radius 3 is 2.72 bits per heavy atom. The number of nitrogens with zero attached hydrogens (tertiary/aromatic N) is 2. The molecule has 0 saturated carbocycles. The molecule has 2 N–H and O–H groups in total. The first-order valence-corrected chi connectivity index (χ1v) is 10.5. The number of nitrogens with one attached hydrogen (secondary N) is 2. The summed E-state index contributed by atoms with van der Waals surface area (Å²) in [6.07, 6.45) is -0.368. The van der Waals surface area contributed by atoms with Crippen molar-refractivity contribution in [2.45, 2.75) is 52.3 Å². The largest absolute Gasteiger partial charge is 0.445 e. The van der Waals surface area contributed by atoms with Crippen LogP contribution in [0.15, 0.2) is 34.9 Å². The summed E-state index contributed by atoms with van der Waals surface area (Å²) in [5.41, 5.74) is 1.28. The molecule has 0 spiro atoms. The molecule has 1 aromatic heterocycles. The van der Waals surface area contributed by atoms with Gasteiger partial charge in [-0.1, -0.05) is 44.2 Å². The predicted molar refractivity (Wildman–Crippen MR) is 111 cm³/mol. The summed E-state index contributed by atoms with van der Waals surface area (Å²) in [5, 5.41) is 12.4. The fourth-order valence-electron chi connectivity index (χ4n) is 3.50. The maximum absolute atomic E-state index is 13.0. The van der Waals surface area contributed by atoms with Crippen LogP contribution in [0.25, 0.3) is 0 Å². The van der Waals surface area contributed by atoms with Gasteiger partial charge in [-0.15, -0.1) is 5.10 Å². The highest BCUT2D eigenvalue weighted by Crippen LogP contribution is 2.21. The SMILES string of the molecule is CC(C)C(NC(=O)OCc1ccccc1)C(=O)CC1CCc2onnc2CNC(=O)C1=O. The van der Waals surface area contributed by atoms with Crippen LogP contribution >= 0.6 is 0 Å². The lowest BCUT2D eigenvalue weighted by Crippen LogP contribution is -2.46. The Morgan fingerprint density at radius 2 is 2.00 bits per heavy atom. The second-order valence-electron chi connectivity index (χ2n) is 8.02. The number of aryl methyl sites for hydroxylation is 1. The van der Waals surface area contributed by atoms with Gasteiger partial charge < -0.3 is 19.9 Å². The van der Waals surface area contributed by atoms with E-state index in [4.69, 9.17) is 9.26 Å². The Hall–Kier alpha value is -3.56. The van der Waals surface area contributed by atoms with Crippen molar-refractivity contribution in [3.8, 4) is 0 Å². The van der Waals surface area contributed by atoms with Gasteiger partial charge in [0, 0.05) is 24.0 Å². The first-order chi connectivity index (χ1) is 15.3. The van der Waals surface area contributed by atoms with Crippen molar-refractivity contribution >= 4 is 23.6 Å². The monoisotopic (exact) mass is 442 g/mol. The van der Waals surface area contributed by atoms with Gasteiger partial charge in [0.2, 0.25) is 5.78 Å². The number of carbonyl (C=O) groups is 4. The highest BCUT2D eigenvalue weighted by Gasteiger charge is 2.33. The zero-order valence-corrected chi connectivity index (χ0v) is 18.0. The van der Waals surface area contributed by atoms with Crippen LogP contribution in [0.4, 0.5) is 4.79 Å². The molecule has 0 bridgehead atoms. The molecule has 0 radical (unpaired) electrons. The lowest BCUT2D eigenvalue weighted by atomic mass is 9.87. The molecule has 0 saturated heterocycles. The molecule has 2 amide bonds. The topological polar surface area (TPSA) is 140 Å². The predicted octanol–water partition coefficient (Wildman–Crippen LogP) is 1.73. The Labute approximate surface area is 185 Å². The highest BCUT2D eigenvalue weighted by atomic mass is 16.5. The van der Waals surface area contributed by atoms with E-state index in [1.807, 2.05) is 30.3 Å². The van der Waals surface area contributed by atoms with Gasteiger partial charge in [0.05, 0.1) is 12.6 Å². The van der Waals surface area contributed by atoms with Crippen molar-refractivity contribution in [2.24, 2.45) is 11.8 Å². The van der Waals surface area contributed by atoms with Crippen LogP contribution in [-0.2, 0) is 38.7 Å². The number of Topliss-reactive ketones (excluding diaryl/α,β-unsaturated/α-hetero) is 2. The fourth-order valence-corrected chi connectivity index (χ4v) is 3.50. The van der Waals surface area contributed by atoms with Gasteiger partial charge in [-0.2, -0.15) is 0 Å². The molecule has 0 fully saturated rings. The second kappa shape index (κ2) is 10.7. The molecule has 2 aromatic rings. The van der Waals surface area contributed by atoms with E-state index in [0.717, 1.165) is 5.56 Å². The number of hydrogen-bond donors (Lipinski definition) is 2. The lowest BCUT2D eigenvalue weighted by Gasteiger charge is -2.23. The second-order valence-corrected chi connectivity index (χ2v) is 8.02. The van der Waals surface area contributed by atoms with Crippen LogP contribution < -0.4 is 10.6 Å². The molecule has 2 unspecified atom stereocenters. The van der Waals surface area contributed by atoms with E-state index in [9.17, 15) is 19.2 Å². The maximum Gasteiger partial charge on any atom is 0.408 e. The highest BCUT2D eigenvalue weighted by molar-refractivity contribution is 6.37. The summed E-state index contributed by atoms with van der Waals surface area (Å²) >= 11 is 0. The smallest absolute Gasteiger partial charge is 0.408 e. The minimum Gasteiger partial charge on any atom is -0.445 e. The summed E-state index contributed by atoms with van der Waals surface area (Å²) in [6, 6.07) is 8.31. The molecular formula is C22H26N4O6. The van der Waals surface area contributed by atoms with Crippen molar-refractivity contribution in [1.29, 1.82) is 0 Å². The number of rotatable bonds is 7. The van der Waals surface area contributed by atoms with E-state index >= 15 is 0 Å². The number of carbonyl (C=O) groups excluding carboxylic acids is 4. The molecule has 1 aliphatic rings. The summed E-state index contributed by atoms with van der Waals surface area (Å²) < 4.78 is 10.3. The first-order valence-electron chi connectivity index (χ1n) is 10.5. The normalized spacial score (nSPS) is 17.4. The minimum absolute atomic E-state index is 0.0352. The summed E-state index contributed by atoms with van der Waals surface area (Å²) in [5.74, 6) is -2.42. The third-order valence-corrected chi connectivity index (χ3v) is 5.31. The molecule has 10 nitrogen and oxygen atoms in total. The van der Waals surface area contributed by atoms with Crippen molar-refractivity contribution in [3.05, 3.63) is 47.3 Å². The Bertz CT molecular complexity index is 972. The maximum atomic E-state index is 13.0. The summed E-state index contributed by atoms with van der Waals surface area (Å²) in [7, 11) is 0. The molecule has 32 heavy (non-hydrogen) atoms.